The monoisotopic (exact) mass is 246 g/mol. The van der Waals surface area contributed by atoms with Gasteiger partial charge in [-0.15, -0.1) is 11.8 Å². The molecule has 0 spiro atoms. The van der Waals surface area contributed by atoms with E-state index in [-0.39, 0.29) is 17.8 Å². The lowest BCUT2D eigenvalue weighted by Gasteiger charge is -2.09. The molecule has 0 aliphatic heterocycles. The molecule has 16 heavy (non-hydrogen) atoms. The van der Waals surface area contributed by atoms with Crippen molar-refractivity contribution in [2.24, 2.45) is 0 Å². The third kappa shape index (κ3) is 3.77. The first kappa shape index (κ1) is 13.5. The maximum atomic E-state index is 9.21. The van der Waals surface area contributed by atoms with Crippen LogP contribution in [0.15, 0.2) is 4.52 Å². The van der Waals surface area contributed by atoms with Gasteiger partial charge in [-0.05, 0) is 6.92 Å². The minimum absolute atomic E-state index is 0.0289. The Morgan fingerprint density at radius 2 is 2.06 bits per heavy atom. The van der Waals surface area contributed by atoms with E-state index in [4.69, 9.17) is 9.63 Å². The first-order valence-electron chi connectivity index (χ1n) is 5.28. The lowest BCUT2D eigenvalue weighted by atomic mass is 10.2. The van der Waals surface area contributed by atoms with Crippen LogP contribution in [0.2, 0.25) is 0 Å². The topological polar surface area (TPSA) is 79.4 Å². The largest absolute Gasteiger partial charge is 0.394 e. The highest BCUT2D eigenvalue weighted by molar-refractivity contribution is 7.99. The molecule has 92 valence electrons. The second-order valence-electron chi connectivity index (χ2n) is 3.96. The molecule has 0 saturated carbocycles. The van der Waals surface area contributed by atoms with Crippen molar-refractivity contribution in [2.45, 2.75) is 38.0 Å². The summed E-state index contributed by atoms with van der Waals surface area (Å²) in [6.07, 6.45) is -0.694. The summed E-state index contributed by atoms with van der Waals surface area (Å²) < 4.78 is 5.13. The number of aliphatic hydroxyl groups is 2. The number of aromatic nitrogens is 2. The molecule has 2 N–H and O–H groups in total. The van der Waals surface area contributed by atoms with E-state index in [0.717, 1.165) is 0 Å². The highest BCUT2D eigenvalue weighted by Gasteiger charge is 2.17. The Balaban J connectivity index is 2.49. The normalized spacial score (nSPS) is 15.4. The van der Waals surface area contributed by atoms with E-state index in [1.807, 2.05) is 20.8 Å². The van der Waals surface area contributed by atoms with Crippen LogP contribution in [0.3, 0.4) is 0 Å². The molecule has 0 unspecified atom stereocenters. The van der Waals surface area contributed by atoms with Gasteiger partial charge in [0.15, 0.2) is 5.82 Å². The number of hydrogen-bond acceptors (Lipinski definition) is 6. The van der Waals surface area contributed by atoms with Crippen molar-refractivity contribution in [1.82, 2.24) is 10.1 Å². The third-order valence-corrected chi connectivity index (χ3v) is 3.35. The van der Waals surface area contributed by atoms with Gasteiger partial charge in [-0.2, -0.15) is 4.98 Å². The molecule has 5 nitrogen and oxygen atoms in total. The standard InChI is InChI=1S/C10H18N2O3S/c1-6(2)9-11-10(15-12-9)7(3)16-5-8(14)4-13/h6-8,13-14H,4-5H2,1-3H3/t7-,8-/m0/s1. The average molecular weight is 246 g/mol. The van der Waals surface area contributed by atoms with Crippen molar-refractivity contribution >= 4 is 11.8 Å². The summed E-state index contributed by atoms with van der Waals surface area (Å²) in [6, 6.07) is 0. The van der Waals surface area contributed by atoms with Gasteiger partial charge in [0.2, 0.25) is 5.89 Å². The summed E-state index contributed by atoms with van der Waals surface area (Å²) in [6.45, 7) is 5.72. The first-order chi connectivity index (χ1) is 7.54. The molecule has 1 aromatic rings. The molecule has 1 rings (SSSR count). The van der Waals surface area contributed by atoms with Crippen molar-refractivity contribution in [3.8, 4) is 0 Å². The summed E-state index contributed by atoms with van der Waals surface area (Å²) in [5.41, 5.74) is 0. The van der Waals surface area contributed by atoms with E-state index >= 15 is 0 Å². The Morgan fingerprint density at radius 3 is 2.56 bits per heavy atom. The molecule has 0 radical (unpaired) electrons. The highest BCUT2D eigenvalue weighted by Crippen LogP contribution is 2.28. The van der Waals surface area contributed by atoms with E-state index in [9.17, 15) is 5.11 Å². The predicted molar refractivity (Wildman–Crippen MR) is 62.4 cm³/mol. The lowest BCUT2D eigenvalue weighted by molar-refractivity contribution is 0.113. The SMILES string of the molecule is CC(C)c1noc([C@H](C)SC[C@@H](O)CO)n1. The lowest BCUT2D eigenvalue weighted by Crippen LogP contribution is -2.15. The Bertz CT molecular complexity index is 317. The third-order valence-electron chi connectivity index (χ3n) is 2.07. The Morgan fingerprint density at radius 1 is 1.38 bits per heavy atom. The average Bonchev–Trinajstić information content (AvgIpc) is 2.74. The highest BCUT2D eigenvalue weighted by atomic mass is 32.2. The molecule has 0 aromatic carbocycles. The van der Waals surface area contributed by atoms with Crippen LogP contribution in [0.4, 0.5) is 0 Å². The van der Waals surface area contributed by atoms with E-state index in [0.29, 0.717) is 17.5 Å². The molecule has 0 saturated heterocycles. The van der Waals surface area contributed by atoms with Gasteiger partial charge < -0.3 is 14.7 Å². The Kier molecular flexibility index (Phi) is 5.24. The molecule has 1 heterocycles. The van der Waals surface area contributed by atoms with Crippen LogP contribution in [0.1, 0.15) is 43.7 Å². The van der Waals surface area contributed by atoms with Crippen LogP contribution in [0, 0.1) is 0 Å². The Labute approximate surface area is 99.2 Å². The second kappa shape index (κ2) is 6.22. The van der Waals surface area contributed by atoms with Gasteiger partial charge in [-0.25, -0.2) is 0 Å². The fraction of sp³-hybridized carbons (Fsp3) is 0.800. The molecule has 0 amide bonds. The number of nitrogens with zero attached hydrogens (tertiary/aromatic N) is 2. The Hall–Kier alpha value is -0.590. The van der Waals surface area contributed by atoms with E-state index < -0.39 is 6.10 Å². The summed E-state index contributed by atoms with van der Waals surface area (Å²) >= 11 is 1.48. The molecule has 1 aromatic heterocycles. The summed E-state index contributed by atoms with van der Waals surface area (Å²) in [5.74, 6) is 1.97. The van der Waals surface area contributed by atoms with E-state index in [2.05, 4.69) is 10.1 Å². The number of hydrogen-bond donors (Lipinski definition) is 2. The zero-order chi connectivity index (χ0) is 12.1. The molecule has 0 aliphatic rings. The van der Waals surface area contributed by atoms with Crippen LogP contribution >= 0.6 is 11.8 Å². The van der Waals surface area contributed by atoms with Gasteiger partial charge in [0.1, 0.15) is 0 Å². The molecular formula is C10H18N2O3S. The molecule has 6 heteroatoms. The maximum Gasteiger partial charge on any atom is 0.239 e. The van der Waals surface area contributed by atoms with Gasteiger partial charge in [0, 0.05) is 11.7 Å². The number of rotatable bonds is 6. The van der Waals surface area contributed by atoms with Crippen molar-refractivity contribution < 1.29 is 14.7 Å². The van der Waals surface area contributed by atoms with Crippen molar-refractivity contribution in [3.05, 3.63) is 11.7 Å². The zero-order valence-corrected chi connectivity index (χ0v) is 10.6. The van der Waals surface area contributed by atoms with Crippen LogP contribution in [0.25, 0.3) is 0 Å². The van der Waals surface area contributed by atoms with Gasteiger partial charge >= 0.3 is 0 Å². The minimum atomic E-state index is -0.694. The first-order valence-corrected chi connectivity index (χ1v) is 6.33. The second-order valence-corrected chi connectivity index (χ2v) is 5.33. The predicted octanol–water partition coefficient (Wildman–Crippen LogP) is 1.34. The van der Waals surface area contributed by atoms with Crippen LogP contribution < -0.4 is 0 Å². The van der Waals surface area contributed by atoms with Crippen LogP contribution in [-0.2, 0) is 0 Å². The fourth-order valence-electron chi connectivity index (χ4n) is 1.03. The van der Waals surface area contributed by atoms with E-state index in [1.54, 1.807) is 0 Å². The van der Waals surface area contributed by atoms with Gasteiger partial charge in [-0.1, -0.05) is 19.0 Å². The van der Waals surface area contributed by atoms with Crippen LogP contribution in [0.5, 0.6) is 0 Å². The van der Waals surface area contributed by atoms with Gasteiger partial charge in [0.25, 0.3) is 0 Å². The summed E-state index contributed by atoms with van der Waals surface area (Å²) in [4.78, 5) is 4.27. The zero-order valence-electron chi connectivity index (χ0n) is 9.75. The molecule has 0 bridgehead atoms. The van der Waals surface area contributed by atoms with Gasteiger partial charge in [0.05, 0.1) is 18.0 Å². The molecule has 0 fully saturated rings. The summed E-state index contributed by atoms with van der Waals surface area (Å²) in [5, 5.41) is 21.8. The number of thioether (sulfide) groups is 1. The van der Waals surface area contributed by atoms with Crippen molar-refractivity contribution in [1.29, 1.82) is 0 Å². The molecule has 0 aliphatic carbocycles. The maximum absolute atomic E-state index is 9.21. The fourth-order valence-corrected chi connectivity index (χ4v) is 1.88. The van der Waals surface area contributed by atoms with Gasteiger partial charge in [-0.3, -0.25) is 0 Å². The van der Waals surface area contributed by atoms with E-state index in [1.165, 1.54) is 11.8 Å². The van der Waals surface area contributed by atoms with Crippen molar-refractivity contribution in [3.63, 3.8) is 0 Å². The van der Waals surface area contributed by atoms with Crippen LogP contribution in [-0.4, -0.2) is 38.8 Å². The molecular weight excluding hydrogens is 228 g/mol. The smallest absolute Gasteiger partial charge is 0.239 e. The van der Waals surface area contributed by atoms with Crippen molar-refractivity contribution in [2.75, 3.05) is 12.4 Å². The minimum Gasteiger partial charge on any atom is -0.394 e. The quantitative estimate of drug-likeness (QED) is 0.788. The summed E-state index contributed by atoms with van der Waals surface area (Å²) in [7, 11) is 0. The molecule has 2 atom stereocenters. The number of aliphatic hydroxyl groups excluding tert-OH is 2.